The van der Waals surface area contributed by atoms with E-state index >= 15 is 0 Å². The molecule has 1 atom stereocenters. The summed E-state index contributed by atoms with van der Waals surface area (Å²) in [5.41, 5.74) is 1.47. The van der Waals surface area contributed by atoms with Crippen LogP contribution in [0, 0.1) is 0 Å². The van der Waals surface area contributed by atoms with E-state index in [0.29, 0.717) is 16.6 Å². The Morgan fingerprint density at radius 1 is 1.41 bits per heavy atom. The molecule has 1 aliphatic heterocycles. The Morgan fingerprint density at radius 2 is 2.23 bits per heavy atom. The van der Waals surface area contributed by atoms with Gasteiger partial charge in [0.25, 0.3) is 0 Å². The molecule has 1 unspecified atom stereocenters. The van der Waals surface area contributed by atoms with Crippen LogP contribution in [0.15, 0.2) is 34.9 Å². The van der Waals surface area contributed by atoms with Crippen LogP contribution in [0.4, 0.5) is 0 Å². The number of rotatable bonds is 4. The molecular formula is C16H18ClN3O2. The largest absolute Gasteiger partial charge is 0.444 e. The Hall–Kier alpha value is -1.85. The number of oxazole rings is 1. The molecule has 0 spiro atoms. The monoisotopic (exact) mass is 319 g/mol. The predicted octanol–water partition coefficient (Wildman–Crippen LogP) is 2.41. The zero-order valence-corrected chi connectivity index (χ0v) is 12.9. The molecule has 3 rings (SSSR count). The lowest BCUT2D eigenvalue weighted by molar-refractivity contribution is -0.121. The van der Waals surface area contributed by atoms with Crippen molar-refractivity contribution in [1.82, 2.24) is 15.6 Å². The third kappa shape index (κ3) is 3.87. The molecule has 1 aromatic heterocycles. The molecule has 5 nitrogen and oxygen atoms in total. The van der Waals surface area contributed by atoms with Gasteiger partial charge in [-0.15, -0.1) is 0 Å². The molecule has 1 saturated heterocycles. The fourth-order valence-electron chi connectivity index (χ4n) is 2.53. The van der Waals surface area contributed by atoms with E-state index in [4.69, 9.17) is 16.0 Å². The van der Waals surface area contributed by atoms with Crippen molar-refractivity contribution in [2.45, 2.75) is 25.3 Å². The minimum absolute atomic E-state index is 0.0235. The van der Waals surface area contributed by atoms with Crippen molar-refractivity contribution in [2.24, 2.45) is 0 Å². The lowest BCUT2D eigenvalue weighted by Crippen LogP contribution is -2.46. The van der Waals surface area contributed by atoms with Crippen molar-refractivity contribution in [3.63, 3.8) is 0 Å². The van der Waals surface area contributed by atoms with E-state index in [9.17, 15) is 4.79 Å². The van der Waals surface area contributed by atoms with E-state index in [0.717, 1.165) is 31.5 Å². The van der Waals surface area contributed by atoms with E-state index in [2.05, 4.69) is 15.6 Å². The topological polar surface area (TPSA) is 67.2 Å². The van der Waals surface area contributed by atoms with Crippen LogP contribution in [0.2, 0.25) is 5.02 Å². The summed E-state index contributed by atoms with van der Waals surface area (Å²) in [4.78, 5) is 16.4. The summed E-state index contributed by atoms with van der Waals surface area (Å²) in [5.74, 6) is 0.475. The molecule has 0 saturated carbocycles. The number of carbonyl (C=O) groups excluding carboxylic acids is 1. The van der Waals surface area contributed by atoms with Gasteiger partial charge in [0, 0.05) is 23.2 Å². The molecule has 6 heteroatoms. The maximum atomic E-state index is 12.0. The van der Waals surface area contributed by atoms with Gasteiger partial charge in [-0.1, -0.05) is 11.6 Å². The van der Waals surface area contributed by atoms with Crippen molar-refractivity contribution in [1.29, 1.82) is 0 Å². The minimum Gasteiger partial charge on any atom is -0.444 e. The number of piperidine rings is 1. The number of aromatic nitrogens is 1. The molecule has 1 aliphatic rings. The first kappa shape index (κ1) is 15.1. The zero-order valence-electron chi connectivity index (χ0n) is 12.1. The smallest absolute Gasteiger partial charge is 0.226 e. The average Bonchev–Trinajstić information content (AvgIpc) is 2.97. The highest BCUT2D eigenvalue weighted by Crippen LogP contribution is 2.21. The number of nitrogens with zero attached hydrogens (tertiary/aromatic N) is 1. The summed E-state index contributed by atoms with van der Waals surface area (Å²) in [7, 11) is 0. The summed E-state index contributed by atoms with van der Waals surface area (Å²) >= 11 is 5.86. The molecule has 0 bridgehead atoms. The first-order chi connectivity index (χ1) is 10.7. The van der Waals surface area contributed by atoms with E-state index in [1.165, 1.54) is 6.26 Å². The predicted molar refractivity (Wildman–Crippen MR) is 84.7 cm³/mol. The number of nitrogens with one attached hydrogen (secondary N) is 2. The van der Waals surface area contributed by atoms with Gasteiger partial charge >= 0.3 is 0 Å². The third-order valence-electron chi connectivity index (χ3n) is 3.65. The Balaban J connectivity index is 1.59. The van der Waals surface area contributed by atoms with Crippen LogP contribution >= 0.6 is 11.6 Å². The minimum atomic E-state index is -0.0235. The quantitative estimate of drug-likeness (QED) is 0.908. The van der Waals surface area contributed by atoms with Crippen molar-refractivity contribution in [3.8, 4) is 11.5 Å². The van der Waals surface area contributed by atoms with Crippen LogP contribution in [0.1, 0.15) is 18.5 Å². The Bertz CT molecular complexity index is 633. The molecule has 2 N–H and O–H groups in total. The van der Waals surface area contributed by atoms with Crippen LogP contribution in [0.3, 0.4) is 0 Å². The second-order valence-electron chi connectivity index (χ2n) is 5.44. The van der Waals surface area contributed by atoms with Crippen molar-refractivity contribution < 1.29 is 9.21 Å². The van der Waals surface area contributed by atoms with E-state index < -0.39 is 0 Å². The number of benzene rings is 1. The summed E-state index contributed by atoms with van der Waals surface area (Å²) in [6.45, 7) is 1.86. The van der Waals surface area contributed by atoms with Gasteiger partial charge < -0.3 is 15.1 Å². The van der Waals surface area contributed by atoms with Gasteiger partial charge in [-0.05, 0) is 43.7 Å². The number of hydrogen-bond acceptors (Lipinski definition) is 4. The normalized spacial score (nSPS) is 18.1. The molecule has 0 aliphatic carbocycles. The lowest BCUT2D eigenvalue weighted by Gasteiger charge is -2.23. The number of amides is 1. The molecule has 22 heavy (non-hydrogen) atoms. The summed E-state index contributed by atoms with van der Waals surface area (Å²) < 4.78 is 5.43. The van der Waals surface area contributed by atoms with E-state index in [-0.39, 0.29) is 18.4 Å². The lowest BCUT2D eigenvalue weighted by atomic mass is 10.1. The van der Waals surface area contributed by atoms with E-state index in [1.807, 2.05) is 12.1 Å². The third-order valence-corrected chi connectivity index (χ3v) is 3.90. The second-order valence-corrected chi connectivity index (χ2v) is 5.87. The van der Waals surface area contributed by atoms with Gasteiger partial charge in [0.15, 0.2) is 0 Å². The second kappa shape index (κ2) is 6.94. The van der Waals surface area contributed by atoms with Gasteiger partial charge in [0.05, 0.1) is 12.1 Å². The maximum Gasteiger partial charge on any atom is 0.226 e. The fourth-order valence-corrected chi connectivity index (χ4v) is 2.66. The first-order valence-electron chi connectivity index (χ1n) is 7.41. The summed E-state index contributed by atoms with van der Waals surface area (Å²) in [5, 5.41) is 6.96. The Morgan fingerprint density at radius 3 is 2.95 bits per heavy atom. The average molecular weight is 320 g/mol. The highest BCUT2D eigenvalue weighted by molar-refractivity contribution is 6.30. The Kier molecular flexibility index (Phi) is 4.75. The van der Waals surface area contributed by atoms with Crippen LogP contribution < -0.4 is 10.6 Å². The van der Waals surface area contributed by atoms with Gasteiger partial charge in [-0.25, -0.2) is 4.98 Å². The molecule has 0 radical (unpaired) electrons. The maximum absolute atomic E-state index is 12.0. The van der Waals surface area contributed by atoms with Crippen LogP contribution in [0.25, 0.3) is 11.5 Å². The van der Waals surface area contributed by atoms with Crippen LogP contribution in [-0.2, 0) is 11.2 Å². The Labute approximate surface area is 134 Å². The highest BCUT2D eigenvalue weighted by atomic mass is 35.5. The first-order valence-corrected chi connectivity index (χ1v) is 7.79. The van der Waals surface area contributed by atoms with Crippen molar-refractivity contribution in [2.75, 3.05) is 13.1 Å². The number of hydrogen-bond donors (Lipinski definition) is 2. The molecule has 1 fully saturated rings. The van der Waals surface area contributed by atoms with Crippen LogP contribution in [-0.4, -0.2) is 30.0 Å². The molecule has 1 aromatic carbocycles. The number of halogens is 1. The van der Waals surface area contributed by atoms with E-state index in [1.54, 1.807) is 12.1 Å². The zero-order chi connectivity index (χ0) is 15.4. The molecule has 1 amide bonds. The number of carbonyl (C=O) groups is 1. The van der Waals surface area contributed by atoms with Crippen LogP contribution in [0.5, 0.6) is 0 Å². The summed E-state index contributed by atoms with van der Waals surface area (Å²) in [6, 6.07) is 7.45. The van der Waals surface area contributed by atoms with Gasteiger partial charge in [0.2, 0.25) is 11.8 Å². The van der Waals surface area contributed by atoms with Crippen molar-refractivity contribution in [3.05, 3.63) is 41.2 Å². The van der Waals surface area contributed by atoms with Gasteiger partial charge in [-0.2, -0.15) is 0 Å². The molecule has 2 heterocycles. The van der Waals surface area contributed by atoms with Gasteiger partial charge in [-0.3, -0.25) is 4.79 Å². The SMILES string of the molecule is O=C(Cc1coc(-c2ccc(Cl)cc2)n1)NC1CCCNC1. The highest BCUT2D eigenvalue weighted by Gasteiger charge is 2.16. The molecular weight excluding hydrogens is 302 g/mol. The molecule has 2 aromatic rings. The fraction of sp³-hybridized carbons (Fsp3) is 0.375. The standard InChI is InChI=1S/C16H18ClN3O2/c17-12-5-3-11(4-6-12)16-20-14(10-22-16)8-15(21)19-13-2-1-7-18-9-13/h3-6,10,13,18H,1-2,7-9H2,(H,19,21). The molecule has 116 valence electrons. The van der Waals surface area contributed by atoms with Crippen molar-refractivity contribution >= 4 is 17.5 Å². The van der Waals surface area contributed by atoms with Gasteiger partial charge in [0.1, 0.15) is 6.26 Å². The summed E-state index contributed by atoms with van der Waals surface area (Å²) in [6.07, 6.45) is 3.87.